The summed E-state index contributed by atoms with van der Waals surface area (Å²) in [5.41, 5.74) is -0.0919. The van der Waals surface area contributed by atoms with Crippen LogP contribution in [0.1, 0.15) is 18.0 Å². The number of ether oxygens (including phenoxy) is 1. The lowest BCUT2D eigenvalue weighted by Crippen LogP contribution is -2.33. The minimum atomic E-state index is -1.64. The molecule has 8 heteroatoms. The minimum absolute atomic E-state index is 0.0738. The fraction of sp³-hybridized carbons (Fsp3) is 0.429. The van der Waals surface area contributed by atoms with Gasteiger partial charge in [0.05, 0.1) is 18.6 Å². The lowest BCUT2D eigenvalue weighted by Gasteiger charge is -2.27. The number of likely N-dealkylation sites (tertiary alicyclic amines) is 1. The van der Waals surface area contributed by atoms with Crippen molar-refractivity contribution in [3.63, 3.8) is 0 Å². The Labute approximate surface area is 124 Å². The van der Waals surface area contributed by atoms with Crippen LogP contribution in [-0.4, -0.2) is 42.1 Å². The molecule has 1 fully saturated rings. The van der Waals surface area contributed by atoms with Gasteiger partial charge in [0.1, 0.15) is 0 Å². The number of carbonyl (C=O) groups is 2. The van der Waals surface area contributed by atoms with Crippen LogP contribution in [0.3, 0.4) is 0 Å². The van der Waals surface area contributed by atoms with Gasteiger partial charge in [0, 0.05) is 20.1 Å². The highest BCUT2D eigenvalue weighted by molar-refractivity contribution is 5.87. The summed E-state index contributed by atoms with van der Waals surface area (Å²) in [6, 6.07) is 0.374. The number of hydrogen-bond donors (Lipinski definition) is 1. The summed E-state index contributed by atoms with van der Waals surface area (Å²) in [6.45, 7) is 0.213. The molecule has 1 aromatic rings. The summed E-state index contributed by atoms with van der Waals surface area (Å²) in [6.07, 6.45) is -0.287. The van der Waals surface area contributed by atoms with Crippen LogP contribution in [0.2, 0.25) is 0 Å². The maximum absolute atomic E-state index is 13.4. The first kappa shape index (κ1) is 16.3. The number of carbonyl (C=O) groups excluding carboxylic acids is 1. The van der Waals surface area contributed by atoms with Crippen LogP contribution < -0.4 is 0 Å². The van der Waals surface area contributed by atoms with Gasteiger partial charge in [-0.05, 0) is 17.7 Å². The van der Waals surface area contributed by atoms with Gasteiger partial charge in [0.2, 0.25) is 5.91 Å². The highest BCUT2D eigenvalue weighted by Crippen LogP contribution is 2.38. The van der Waals surface area contributed by atoms with Crippen LogP contribution in [0, 0.1) is 23.4 Å². The van der Waals surface area contributed by atoms with E-state index in [9.17, 15) is 27.9 Å². The van der Waals surface area contributed by atoms with Crippen LogP contribution >= 0.6 is 0 Å². The normalized spacial score (nSPS) is 21.5. The predicted octanol–water partition coefficient (Wildman–Crippen LogP) is 1.72. The van der Waals surface area contributed by atoms with E-state index >= 15 is 0 Å². The van der Waals surface area contributed by atoms with Crippen molar-refractivity contribution in [1.82, 2.24) is 4.90 Å². The highest BCUT2D eigenvalue weighted by Gasteiger charge is 2.44. The summed E-state index contributed by atoms with van der Waals surface area (Å²) in [5.74, 6) is -7.37. The summed E-state index contributed by atoms with van der Waals surface area (Å²) < 4.78 is 44.7. The topological polar surface area (TPSA) is 66.8 Å². The third-order valence-electron chi connectivity index (χ3n) is 3.63. The van der Waals surface area contributed by atoms with Gasteiger partial charge in [0.25, 0.3) is 0 Å². The third-order valence-corrected chi connectivity index (χ3v) is 3.63. The van der Waals surface area contributed by atoms with Crippen molar-refractivity contribution in [3.05, 3.63) is 35.1 Å². The molecule has 1 N–H and O–H groups in total. The molecule has 1 amide bonds. The Balaban J connectivity index is 2.45. The Morgan fingerprint density at radius 2 is 1.95 bits per heavy atom. The van der Waals surface area contributed by atoms with Gasteiger partial charge in [0.15, 0.2) is 17.5 Å². The largest absolute Gasteiger partial charge is 0.481 e. The van der Waals surface area contributed by atoms with Crippen molar-refractivity contribution >= 4 is 11.9 Å². The number of amides is 1. The van der Waals surface area contributed by atoms with Crippen LogP contribution in [0.5, 0.6) is 0 Å². The molecule has 0 spiro atoms. The van der Waals surface area contributed by atoms with Crippen molar-refractivity contribution in [2.45, 2.75) is 12.5 Å². The molecule has 0 aromatic heterocycles. The second-order valence-corrected chi connectivity index (χ2v) is 4.97. The monoisotopic (exact) mass is 317 g/mol. The molecule has 0 radical (unpaired) electrons. The van der Waals surface area contributed by atoms with Gasteiger partial charge in [-0.1, -0.05) is 0 Å². The number of rotatable bonds is 5. The molecule has 1 heterocycles. The minimum Gasteiger partial charge on any atom is -0.481 e. The Hall–Kier alpha value is -2.09. The van der Waals surface area contributed by atoms with Gasteiger partial charge in [-0.3, -0.25) is 9.59 Å². The maximum atomic E-state index is 13.4. The summed E-state index contributed by atoms with van der Waals surface area (Å²) in [7, 11) is 1.40. The fourth-order valence-corrected chi connectivity index (χ4v) is 2.62. The second kappa shape index (κ2) is 6.35. The van der Waals surface area contributed by atoms with E-state index in [0.29, 0.717) is 0 Å². The standard InChI is InChI=1S/C14H14F3NO4/c1-22-3-2-18-11(19)6-8(14(20)21)13(18)7-4-9(15)12(17)10(16)5-7/h4-5,8,13H,2-3,6H2,1H3,(H,20,21)/t8-,13+/m1/s1. The first-order valence-corrected chi connectivity index (χ1v) is 6.52. The fourth-order valence-electron chi connectivity index (χ4n) is 2.62. The van der Waals surface area contributed by atoms with Crippen LogP contribution in [0.4, 0.5) is 13.2 Å². The van der Waals surface area contributed by atoms with Crippen molar-refractivity contribution in [2.24, 2.45) is 5.92 Å². The smallest absolute Gasteiger partial charge is 0.309 e. The number of nitrogens with zero attached hydrogens (tertiary/aromatic N) is 1. The quantitative estimate of drug-likeness (QED) is 0.840. The molecule has 0 aliphatic carbocycles. The summed E-state index contributed by atoms with van der Waals surface area (Å²) in [4.78, 5) is 24.5. The molecule has 0 bridgehead atoms. The zero-order chi connectivity index (χ0) is 16.4. The van der Waals surface area contributed by atoms with Gasteiger partial charge < -0.3 is 14.7 Å². The van der Waals surface area contributed by atoms with E-state index in [1.807, 2.05) is 0 Å². The van der Waals surface area contributed by atoms with Crippen molar-refractivity contribution in [1.29, 1.82) is 0 Å². The van der Waals surface area contributed by atoms with E-state index in [1.165, 1.54) is 12.0 Å². The van der Waals surface area contributed by atoms with Gasteiger partial charge in [-0.25, -0.2) is 13.2 Å². The highest BCUT2D eigenvalue weighted by atomic mass is 19.2. The van der Waals surface area contributed by atoms with Crippen molar-refractivity contribution < 1.29 is 32.6 Å². The number of benzene rings is 1. The van der Waals surface area contributed by atoms with Gasteiger partial charge >= 0.3 is 5.97 Å². The second-order valence-electron chi connectivity index (χ2n) is 4.97. The van der Waals surface area contributed by atoms with E-state index in [-0.39, 0.29) is 25.1 Å². The van der Waals surface area contributed by atoms with Crippen LogP contribution in [-0.2, 0) is 14.3 Å². The molecule has 1 aromatic carbocycles. The average molecular weight is 317 g/mol. The van der Waals surface area contributed by atoms with Gasteiger partial charge in [-0.15, -0.1) is 0 Å². The van der Waals surface area contributed by atoms with Crippen LogP contribution in [0.15, 0.2) is 12.1 Å². The molecule has 120 valence electrons. The Bertz CT molecular complexity index is 585. The molecular formula is C14H14F3NO4. The van der Waals surface area contributed by atoms with E-state index in [4.69, 9.17) is 4.74 Å². The van der Waals surface area contributed by atoms with E-state index in [0.717, 1.165) is 12.1 Å². The first-order valence-electron chi connectivity index (χ1n) is 6.52. The molecule has 2 rings (SSSR count). The molecule has 2 atom stereocenters. The number of aliphatic carboxylic acids is 1. The number of methoxy groups -OCH3 is 1. The maximum Gasteiger partial charge on any atom is 0.309 e. The molecule has 1 aliphatic heterocycles. The van der Waals surface area contributed by atoms with E-state index in [1.54, 1.807) is 0 Å². The summed E-state index contributed by atoms with van der Waals surface area (Å²) in [5, 5.41) is 9.23. The zero-order valence-corrected chi connectivity index (χ0v) is 11.7. The molecule has 0 unspecified atom stereocenters. The zero-order valence-electron chi connectivity index (χ0n) is 11.7. The Morgan fingerprint density at radius 3 is 2.45 bits per heavy atom. The Morgan fingerprint density at radius 1 is 1.36 bits per heavy atom. The summed E-state index contributed by atoms with van der Waals surface area (Å²) >= 11 is 0. The Kier molecular flexibility index (Phi) is 4.70. The third kappa shape index (κ3) is 2.92. The number of hydrogen-bond acceptors (Lipinski definition) is 3. The number of carboxylic acid groups (broad SMARTS) is 1. The molecular weight excluding hydrogens is 303 g/mol. The molecule has 5 nitrogen and oxygen atoms in total. The SMILES string of the molecule is COCCN1C(=O)C[C@@H](C(=O)O)[C@@H]1c1cc(F)c(F)c(F)c1. The van der Waals surface area contributed by atoms with E-state index in [2.05, 4.69) is 0 Å². The number of halogens is 3. The first-order chi connectivity index (χ1) is 10.4. The van der Waals surface area contributed by atoms with E-state index < -0.39 is 41.3 Å². The lowest BCUT2D eigenvalue weighted by molar-refractivity contribution is -0.142. The van der Waals surface area contributed by atoms with Gasteiger partial charge in [-0.2, -0.15) is 0 Å². The number of carboxylic acids is 1. The molecule has 1 aliphatic rings. The average Bonchev–Trinajstić information content (AvgIpc) is 2.79. The van der Waals surface area contributed by atoms with Crippen molar-refractivity contribution in [3.8, 4) is 0 Å². The molecule has 22 heavy (non-hydrogen) atoms. The lowest BCUT2D eigenvalue weighted by atomic mass is 9.93. The predicted molar refractivity (Wildman–Crippen MR) is 68.4 cm³/mol. The molecule has 1 saturated heterocycles. The van der Waals surface area contributed by atoms with Crippen LogP contribution in [0.25, 0.3) is 0 Å². The molecule has 0 saturated carbocycles. The van der Waals surface area contributed by atoms with Crippen molar-refractivity contribution in [2.75, 3.05) is 20.3 Å².